The van der Waals surface area contributed by atoms with Crippen molar-refractivity contribution in [1.29, 1.82) is 0 Å². The van der Waals surface area contributed by atoms with Gasteiger partial charge < -0.3 is 14.5 Å². The van der Waals surface area contributed by atoms with E-state index in [1.807, 2.05) is 11.0 Å². The molecular formula is C31H35FN4O2. The summed E-state index contributed by atoms with van der Waals surface area (Å²) in [6.45, 7) is 8.36. The number of piperidine rings is 1. The number of anilines is 2. The largest absolute Gasteiger partial charge is 0.378 e. The average Bonchev–Trinajstić information content (AvgIpc) is 3.41. The number of fused-ring (bicyclic) bond motifs is 1. The van der Waals surface area contributed by atoms with E-state index in [1.165, 1.54) is 17.2 Å². The quantitative estimate of drug-likeness (QED) is 0.438. The molecule has 1 saturated carbocycles. The fourth-order valence-electron chi connectivity index (χ4n) is 6.16. The Kier molecular flexibility index (Phi) is 7.13. The fourth-order valence-corrected chi connectivity index (χ4v) is 6.16. The maximum atomic E-state index is 15.3. The predicted octanol–water partition coefficient (Wildman–Crippen LogP) is 4.64. The number of halogens is 1. The first-order chi connectivity index (χ1) is 18.6. The lowest BCUT2D eigenvalue weighted by molar-refractivity contribution is 0.0983. The van der Waals surface area contributed by atoms with Gasteiger partial charge in [-0.2, -0.15) is 0 Å². The van der Waals surface area contributed by atoms with E-state index < -0.39 is 0 Å². The number of benzene rings is 2. The SMILES string of the molecule is CCc1ccc(CN2CC3C(C2)C3CN(C(=O)c2cccnc2)c2ccc(N3CCOCC3)c(F)c2)cc1. The number of nitrogens with zero attached hydrogens (tertiary/aromatic N) is 4. The first kappa shape index (κ1) is 25.0. The van der Waals surface area contributed by atoms with Crippen molar-refractivity contribution in [2.45, 2.75) is 19.9 Å². The van der Waals surface area contributed by atoms with Gasteiger partial charge in [0, 0.05) is 57.3 Å². The van der Waals surface area contributed by atoms with E-state index in [1.54, 1.807) is 35.5 Å². The fraction of sp³-hybridized carbons (Fsp3) is 0.419. The zero-order valence-electron chi connectivity index (χ0n) is 21.9. The Morgan fingerprint density at radius 1 is 1.05 bits per heavy atom. The number of carbonyl (C=O) groups is 1. The van der Waals surface area contributed by atoms with Gasteiger partial charge in [0.2, 0.25) is 0 Å². The summed E-state index contributed by atoms with van der Waals surface area (Å²) in [6, 6.07) is 17.7. The van der Waals surface area contributed by atoms with Crippen molar-refractivity contribution in [1.82, 2.24) is 9.88 Å². The molecule has 7 heteroatoms. The van der Waals surface area contributed by atoms with Crippen LogP contribution in [0.1, 0.15) is 28.4 Å². The molecule has 198 valence electrons. The summed E-state index contributed by atoms with van der Waals surface area (Å²) >= 11 is 0. The molecule has 1 aromatic heterocycles. The lowest BCUT2D eigenvalue weighted by Gasteiger charge is -2.30. The lowest BCUT2D eigenvalue weighted by Crippen LogP contribution is -2.37. The van der Waals surface area contributed by atoms with Gasteiger partial charge in [-0.1, -0.05) is 31.2 Å². The number of likely N-dealkylation sites (tertiary alicyclic amines) is 1. The second-order valence-corrected chi connectivity index (χ2v) is 10.7. The molecule has 1 aliphatic carbocycles. The molecule has 0 spiro atoms. The number of pyridine rings is 1. The topological polar surface area (TPSA) is 48.9 Å². The molecule has 0 radical (unpaired) electrons. The summed E-state index contributed by atoms with van der Waals surface area (Å²) in [4.78, 5) is 24.0. The second kappa shape index (κ2) is 10.8. The molecule has 0 N–H and O–H groups in total. The lowest BCUT2D eigenvalue weighted by atomic mass is 10.1. The van der Waals surface area contributed by atoms with E-state index in [-0.39, 0.29) is 11.7 Å². The average molecular weight is 515 g/mol. The van der Waals surface area contributed by atoms with Crippen molar-refractivity contribution in [2.75, 3.05) is 55.7 Å². The third-order valence-corrected chi connectivity index (χ3v) is 8.43. The molecule has 2 atom stereocenters. The van der Waals surface area contributed by atoms with Crippen molar-refractivity contribution in [3.63, 3.8) is 0 Å². The summed E-state index contributed by atoms with van der Waals surface area (Å²) in [7, 11) is 0. The van der Waals surface area contributed by atoms with Gasteiger partial charge in [0.1, 0.15) is 5.82 Å². The predicted molar refractivity (Wildman–Crippen MR) is 147 cm³/mol. The van der Waals surface area contributed by atoms with E-state index in [0.29, 0.717) is 67.5 Å². The Balaban J connectivity index is 1.16. The number of aryl methyl sites for hydroxylation is 1. The van der Waals surface area contributed by atoms with E-state index in [9.17, 15) is 4.79 Å². The van der Waals surface area contributed by atoms with E-state index in [0.717, 1.165) is 26.1 Å². The molecule has 2 unspecified atom stereocenters. The van der Waals surface area contributed by atoms with Crippen LogP contribution < -0.4 is 9.80 Å². The minimum Gasteiger partial charge on any atom is -0.378 e. The summed E-state index contributed by atoms with van der Waals surface area (Å²) in [6.07, 6.45) is 4.31. The summed E-state index contributed by atoms with van der Waals surface area (Å²) < 4.78 is 20.7. The van der Waals surface area contributed by atoms with Gasteiger partial charge in [-0.25, -0.2) is 4.39 Å². The molecule has 1 amide bonds. The van der Waals surface area contributed by atoms with Gasteiger partial charge in [0.25, 0.3) is 5.91 Å². The van der Waals surface area contributed by atoms with E-state index >= 15 is 4.39 Å². The molecule has 6 nitrogen and oxygen atoms in total. The molecule has 3 aromatic rings. The van der Waals surface area contributed by atoms with E-state index in [4.69, 9.17) is 4.74 Å². The van der Waals surface area contributed by atoms with Crippen molar-refractivity contribution in [3.05, 3.63) is 89.5 Å². The Bertz CT molecular complexity index is 1250. The van der Waals surface area contributed by atoms with Crippen LogP contribution in [0.2, 0.25) is 0 Å². The molecule has 38 heavy (non-hydrogen) atoms. The highest BCUT2D eigenvalue weighted by atomic mass is 19.1. The van der Waals surface area contributed by atoms with Gasteiger partial charge in [-0.3, -0.25) is 14.7 Å². The van der Waals surface area contributed by atoms with Crippen LogP contribution in [-0.4, -0.2) is 61.7 Å². The summed E-state index contributed by atoms with van der Waals surface area (Å²) in [5.74, 6) is 1.15. The van der Waals surface area contributed by atoms with Crippen LogP contribution in [0.4, 0.5) is 15.8 Å². The number of ether oxygens (including phenoxy) is 1. The van der Waals surface area contributed by atoms with Gasteiger partial charge in [-0.15, -0.1) is 0 Å². The van der Waals surface area contributed by atoms with E-state index in [2.05, 4.69) is 41.1 Å². The highest BCUT2D eigenvalue weighted by Gasteiger charge is 2.56. The zero-order valence-corrected chi connectivity index (χ0v) is 21.9. The minimum absolute atomic E-state index is 0.130. The van der Waals surface area contributed by atoms with Crippen molar-refractivity contribution in [2.24, 2.45) is 17.8 Å². The van der Waals surface area contributed by atoms with Gasteiger partial charge in [0.15, 0.2) is 0 Å². The van der Waals surface area contributed by atoms with Crippen LogP contribution in [0, 0.1) is 23.6 Å². The number of hydrogen-bond donors (Lipinski definition) is 0. The zero-order chi connectivity index (χ0) is 26.1. The third-order valence-electron chi connectivity index (χ3n) is 8.43. The summed E-state index contributed by atoms with van der Waals surface area (Å²) in [5.41, 5.74) is 4.41. The van der Waals surface area contributed by atoms with Crippen LogP contribution >= 0.6 is 0 Å². The maximum absolute atomic E-state index is 15.3. The molecular weight excluding hydrogens is 479 g/mol. The Labute approximate surface area is 224 Å². The standard InChI is InChI=1S/C31H35FN4O2/c1-2-22-5-7-23(8-6-22)18-34-19-26-27(20-34)28(26)21-36(31(37)24-4-3-11-33-17-24)25-9-10-30(29(32)16-25)35-12-14-38-15-13-35/h3-11,16-17,26-28H,2,12-15,18-21H2,1H3. The van der Waals surface area contributed by atoms with Gasteiger partial charge in [0.05, 0.1) is 24.5 Å². The molecule has 0 bridgehead atoms. The van der Waals surface area contributed by atoms with Crippen molar-refractivity contribution < 1.29 is 13.9 Å². The number of hydrogen-bond acceptors (Lipinski definition) is 5. The van der Waals surface area contributed by atoms with Crippen LogP contribution in [0.3, 0.4) is 0 Å². The van der Waals surface area contributed by atoms with Crippen LogP contribution in [0.15, 0.2) is 67.0 Å². The molecule has 2 aromatic carbocycles. The highest BCUT2D eigenvalue weighted by molar-refractivity contribution is 6.06. The monoisotopic (exact) mass is 514 g/mol. The molecule has 3 heterocycles. The molecule has 3 fully saturated rings. The summed E-state index contributed by atoms with van der Waals surface area (Å²) in [5, 5.41) is 0. The highest BCUT2D eigenvalue weighted by Crippen LogP contribution is 2.52. The smallest absolute Gasteiger partial charge is 0.259 e. The Morgan fingerprint density at radius 3 is 2.45 bits per heavy atom. The first-order valence-electron chi connectivity index (χ1n) is 13.7. The minimum atomic E-state index is -0.301. The van der Waals surface area contributed by atoms with Gasteiger partial charge in [-0.05, 0) is 65.6 Å². The Hall–Kier alpha value is -3.29. The van der Waals surface area contributed by atoms with Crippen molar-refractivity contribution >= 4 is 17.3 Å². The number of aromatic nitrogens is 1. The van der Waals surface area contributed by atoms with Crippen LogP contribution in [-0.2, 0) is 17.7 Å². The second-order valence-electron chi connectivity index (χ2n) is 10.7. The Morgan fingerprint density at radius 2 is 1.79 bits per heavy atom. The van der Waals surface area contributed by atoms with Crippen molar-refractivity contribution in [3.8, 4) is 0 Å². The number of carbonyl (C=O) groups excluding carboxylic acids is 1. The molecule has 3 aliphatic rings. The number of morpholine rings is 1. The number of rotatable bonds is 8. The third kappa shape index (κ3) is 5.18. The van der Waals surface area contributed by atoms with Gasteiger partial charge >= 0.3 is 0 Å². The molecule has 2 saturated heterocycles. The number of amides is 1. The maximum Gasteiger partial charge on any atom is 0.259 e. The van der Waals surface area contributed by atoms with Crippen LogP contribution in [0.25, 0.3) is 0 Å². The van der Waals surface area contributed by atoms with Crippen LogP contribution in [0.5, 0.6) is 0 Å². The molecule has 2 aliphatic heterocycles. The first-order valence-corrected chi connectivity index (χ1v) is 13.7. The molecule has 6 rings (SSSR count). The normalized spacial score (nSPS) is 22.8.